The van der Waals surface area contributed by atoms with Gasteiger partial charge in [-0.05, 0) is 13.8 Å². The molecule has 41 valence electrons. The maximum absolute atomic E-state index is 4.26. The molecular formula is C5H11N2. The lowest BCUT2D eigenvalue weighted by molar-refractivity contribution is 0.404. The number of rotatable bonds is 0. The summed E-state index contributed by atoms with van der Waals surface area (Å²) < 4.78 is 0. The smallest absolute Gasteiger partial charge is 0.0792 e. The zero-order valence-electron chi connectivity index (χ0n) is 4.86. The predicted octanol–water partition coefficient (Wildman–Crippen LogP) is -0.0699. The molecule has 0 saturated carbocycles. The zero-order valence-corrected chi connectivity index (χ0v) is 4.86. The topological polar surface area (TPSA) is 26.1 Å². The van der Waals surface area contributed by atoms with Crippen LogP contribution in [0.5, 0.6) is 0 Å². The monoisotopic (exact) mass is 99.1 g/mol. The molecular weight excluding hydrogens is 88.1 g/mol. The van der Waals surface area contributed by atoms with Crippen LogP contribution in [0.1, 0.15) is 13.8 Å². The highest BCUT2D eigenvalue weighted by Gasteiger charge is 2.21. The quantitative estimate of drug-likeness (QED) is 0.452. The summed E-state index contributed by atoms with van der Waals surface area (Å²) in [7, 11) is 0. The number of hydrogen-bond donors (Lipinski definition) is 1. The van der Waals surface area contributed by atoms with Crippen LogP contribution >= 0.6 is 0 Å². The fraction of sp³-hybridized carbons (Fsp3) is 1.00. The molecule has 0 amide bonds. The van der Waals surface area contributed by atoms with Crippen molar-refractivity contribution in [3.63, 3.8) is 0 Å². The van der Waals surface area contributed by atoms with E-state index in [1.54, 1.807) is 0 Å². The Morgan fingerprint density at radius 2 is 2.29 bits per heavy atom. The molecule has 1 heterocycles. The second-order valence-corrected chi connectivity index (χ2v) is 2.37. The molecule has 0 aliphatic carbocycles. The van der Waals surface area contributed by atoms with E-state index in [0.29, 0.717) is 0 Å². The number of nitrogens with one attached hydrogen (secondary N) is 1. The molecule has 0 unspecified atom stereocenters. The van der Waals surface area contributed by atoms with Gasteiger partial charge in [0.05, 0.1) is 5.66 Å². The Kier molecular flexibility index (Phi) is 1.05. The third-order valence-corrected chi connectivity index (χ3v) is 1.18. The van der Waals surface area contributed by atoms with Crippen molar-refractivity contribution in [2.24, 2.45) is 0 Å². The Bertz CT molecular complexity index is 60.5. The van der Waals surface area contributed by atoms with Gasteiger partial charge in [0, 0.05) is 13.1 Å². The van der Waals surface area contributed by atoms with Crippen molar-refractivity contribution in [3.8, 4) is 0 Å². The van der Waals surface area contributed by atoms with E-state index in [0.717, 1.165) is 13.1 Å². The Labute approximate surface area is 44.3 Å². The molecule has 1 aliphatic heterocycles. The van der Waals surface area contributed by atoms with E-state index in [1.165, 1.54) is 0 Å². The summed E-state index contributed by atoms with van der Waals surface area (Å²) in [5, 5.41) is 7.49. The lowest BCUT2D eigenvalue weighted by Crippen LogP contribution is -2.37. The van der Waals surface area contributed by atoms with Crippen LogP contribution in [-0.2, 0) is 0 Å². The van der Waals surface area contributed by atoms with Gasteiger partial charge in [0.1, 0.15) is 0 Å². The standard InChI is InChI=1S/C5H11N2/c1-5(2)6-3-4-7-5/h6H,3-4H2,1-2H3. The predicted molar refractivity (Wildman–Crippen MR) is 29.1 cm³/mol. The molecule has 2 nitrogen and oxygen atoms in total. The van der Waals surface area contributed by atoms with Gasteiger partial charge in [0.15, 0.2) is 0 Å². The molecule has 1 radical (unpaired) electrons. The first-order chi connectivity index (χ1) is 3.21. The second-order valence-electron chi connectivity index (χ2n) is 2.37. The summed E-state index contributed by atoms with van der Waals surface area (Å²) in [6.45, 7) is 6.19. The van der Waals surface area contributed by atoms with E-state index in [-0.39, 0.29) is 5.66 Å². The molecule has 0 bridgehead atoms. The van der Waals surface area contributed by atoms with Crippen LogP contribution in [0.15, 0.2) is 0 Å². The van der Waals surface area contributed by atoms with Gasteiger partial charge < -0.3 is 0 Å². The molecule has 2 heteroatoms. The highest BCUT2D eigenvalue weighted by Crippen LogP contribution is 2.01. The minimum absolute atomic E-state index is 0.0694. The summed E-state index contributed by atoms with van der Waals surface area (Å²) in [6.07, 6.45) is 0. The minimum atomic E-state index is 0.0694. The van der Waals surface area contributed by atoms with Gasteiger partial charge in [-0.3, -0.25) is 5.32 Å². The molecule has 0 spiro atoms. The van der Waals surface area contributed by atoms with Crippen molar-refractivity contribution in [3.05, 3.63) is 0 Å². The molecule has 0 aromatic carbocycles. The lowest BCUT2D eigenvalue weighted by Gasteiger charge is -2.14. The largest absolute Gasteiger partial charge is 0.297 e. The normalized spacial score (nSPS) is 28.3. The van der Waals surface area contributed by atoms with Gasteiger partial charge >= 0.3 is 0 Å². The van der Waals surface area contributed by atoms with Crippen LogP contribution in [-0.4, -0.2) is 18.8 Å². The van der Waals surface area contributed by atoms with E-state index in [9.17, 15) is 0 Å². The Morgan fingerprint density at radius 1 is 1.57 bits per heavy atom. The van der Waals surface area contributed by atoms with E-state index >= 15 is 0 Å². The summed E-state index contributed by atoms with van der Waals surface area (Å²) in [6, 6.07) is 0. The number of nitrogens with zero attached hydrogens (tertiary/aromatic N) is 1. The fourth-order valence-electron chi connectivity index (χ4n) is 0.753. The van der Waals surface area contributed by atoms with Gasteiger partial charge in [-0.15, -0.1) is 0 Å². The third kappa shape index (κ3) is 1.14. The van der Waals surface area contributed by atoms with E-state index in [1.807, 2.05) is 0 Å². The maximum atomic E-state index is 4.26. The highest BCUT2D eigenvalue weighted by molar-refractivity contribution is 4.80. The van der Waals surface area contributed by atoms with Gasteiger partial charge in [0.25, 0.3) is 0 Å². The average molecular weight is 99.2 g/mol. The van der Waals surface area contributed by atoms with Crippen molar-refractivity contribution < 1.29 is 0 Å². The first-order valence-corrected chi connectivity index (χ1v) is 2.64. The van der Waals surface area contributed by atoms with E-state index in [4.69, 9.17) is 0 Å². The Morgan fingerprint density at radius 3 is 2.43 bits per heavy atom. The molecule has 1 saturated heterocycles. The summed E-state index contributed by atoms with van der Waals surface area (Å²) in [5.41, 5.74) is 0.0694. The van der Waals surface area contributed by atoms with Crippen LogP contribution < -0.4 is 10.6 Å². The second kappa shape index (κ2) is 1.46. The van der Waals surface area contributed by atoms with Crippen molar-refractivity contribution in [2.75, 3.05) is 13.1 Å². The van der Waals surface area contributed by atoms with Crippen LogP contribution in [0.3, 0.4) is 0 Å². The maximum Gasteiger partial charge on any atom is 0.0792 e. The first-order valence-electron chi connectivity index (χ1n) is 2.64. The summed E-state index contributed by atoms with van der Waals surface area (Å²) >= 11 is 0. The Hall–Kier alpha value is -0.0800. The molecule has 1 fully saturated rings. The first kappa shape index (κ1) is 5.06. The van der Waals surface area contributed by atoms with Gasteiger partial charge in [-0.1, -0.05) is 0 Å². The van der Waals surface area contributed by atoms with Gasteiger partial charge in [-0.25, -0.2) is 5.32 Å². The molecule has 1 rings (SSSR count). The third-order valence-electron chi connectivity index (χ3n) is 1.18. The van der Waals surface area contributed by atoms with Crippen LogP contribution in [0.2, 0.25) is 0 Å². The van der Waals surface area contributed by atoms with E-state index in [2.05, 4.69) is 24.5 Å². The van der Waals surface area contributed by atoms with Crippen LogP contribution in [0.25, 0.3) is 0 Å². The average Bonchev–Trinajstić information content (AvgIpc) is 1.84. The molecule has 1 aliphatic rings. The highest BCUT2D eigenvalue weighted by atomic mass is 15.2. The van der Waals surface area contributed by atoms with Gasteiger partial charge in [0.2, 0.25) is 0 Å². The molecule has 1 N–H and O–H groups in total. The van der Waals surface area contributed by atoms with Crippen molar-refractivity contribution in [1.29, 1.82) is 0 Å². The Balaban J connectivity index is 2.40. The molecule has 0 atom stereocenters. The molecule has 0 aromatic rings. The van der Waals surface area contributed by atoms with Gasteiger partial charge in [-0.2, -0.15) is 0 Å². The van der Waals surface area contributed by atoms with Crippen LogP contribution in [0.4, 0.5) is 0 Å². The molecule has 0 aromatic heterocycles. The van der Waals surface area contributed by atoms with Crippen molar-refractivity contribution in [2.45, 2.75) is 19.5 Å². The number of hydrogen-bond acceptors (Lipinski definition) is 1. The van der Waals surface area contributed by atoms with Crippen molar-refractivity contribution >= 4 is 0 Å². The van der Waals surface area contributed by atoms with E-state index < -0.39 is 0 Å². The van der Waals surface area contributed by atoms with Crippen molar-refractivity contribution in [1.82, 2.24) is 10.6 Å². The SMILES string of the molecule is CC1(C)[N]CCN1. The fourth-order valence-corrected chi connectivity index (χ4v) is 0.753. The lowest BCUT2D eigenvalue weighted by atomic mass is 10.3. The summed E-state index contributed by atoms with van der Waals surface area (Å²) in [4.78, 5) is 0. The molecule has 7 heavy (non-hydrogen) atoms. The zero-order chi connectivity index (χ0) is 5.33. The minimum Gasteiger partial charge on any atom is -0.297 e. The summed E-state index contributed by atoms with van der Waals surface area (Å²) in [5.74, 6) is 0. The van der Waals surface area contributed by atoms with Crippen LogP contribution in [0, 0.1) is 0 Å².